The van der Waals surface area contributed by atoms with Gasteiger partial charge in [-0.1, -0.05) is 0 Å². The molecule has 4 rings (SSSR count). The fourth-order valence-corrected chi connectivity index (χ4v) is 3.03. The number of amides is 1. The quantitative estimate of drug-likeness (QED) is 0.736. The molecule has 0 bridgehead atoms. The van der Waals surface area contributed by atoms with Gasteiger partial charge in [-0.15, -0.1) is 0 Å². The fourth-order valence-electron chi connectivity index (χ4n) is 3.03. The number of hydrogen-bond donors (Lipinski definition) is 1. The van der Waals surface area contributed by atoms with Gasteiger partial charge in [-0.2, -0.15) is 0 Å². The molecule has 1 N–H and O–H groups in total. The number of hydrogen-bond acceptors (Lipinski definition) is 5. The number of carbonyl (C=O) groups is 1. The molecule has 1 amide bonds. The normalized spacial score (nSPS) is 15.0. The van der Waals surface area contributed by atoms with Crippen molar-refractivity contribution >= 4 is 16.9 Å². The molecular weight excluding hydrogens is 322 g/mol. The van der Waals surface area contributed by atoms with Crippen molar-refractivity contribution in [3.63, 3.8) is 0 Å². The Bertz CT molecular complexity index is 991. The number of imidazole rings is 1. The molecule has 1 aromatic carbocycles. The summed E-state index contributed by atoms with van der Waals surface area (Å²) < 4.78 is 10.9. The first kappa shape index (κ1) is 15.4. The van der Waals surface area contributed by atoms with Crippen LogP contribution in [0.25, 0.3) is 11.0 Å². The Morgan fingerprint density at radius 1 is 1.36 bits per heavy atom. The number of H-pyrrole nitrogens is 1. The lowest BCUT2D eigenvalue weighted by atomic mass is 10.1. The highest BCUT2D eigenvalue weighted by molar-refractivity contribution is 5.82. The largest absolute Gasteiger partial charge is 0.481 e. The van der Waals surface area contributed by atoms with E-state index >= 15 is 0 Å². The zero-order valence-corrected chi connectivity index (χ0v) is 13.7. The van der Waals surface area contributed by atoms with Gasteiger partial charge in [0.15, 0.2) is 6.10 Å². The third kappa shape index (κ3) is 3.00. The predicted molar refractivity (Wildman–Crippen MR) is 90.3 cm³/mol. The molecule has 1 unspecified atom stereocenters. The molecule has 0 spiro atoms. The topological polar surface area (TPSA) is 88.4 Å². The van der Waals surface area contributed by atoms with Crippen LogP contribution in [0.2, 0.25) is 0 Å². The SMILES string of the molecule is CC(Oc1ccc2ccc(=O)oc2c1)C(=O)N1CCc2nc[nH]c2C1. The maximum absolute atomic E-state index is 12.6. The van der Waals surface area contributed by atoms with E-state index in [2.05, 4.69) is 9.97 Å². The third-order valence-corrected chi connectivity index (χ3v) is 4.34. The zero-order valence-electron chi connectivity index (χ0n) is 13.7. The summed E-state index contributed by atoms with van der Waals surface area (Å²) >= 11 is 0. The summed E-state index contributed by atoms with van der Waals surface area (Å²) in [6.07, 6.45) is 1.75. The first-order valence-electron chi connectivity index (χ1n) is 8.10. The summed E-state index contributed by atoms with van der Waals surface area (Å²) in [5, 5.41) is 0.800. The smallest absolute Gasteiger partial charge is 0.336 e. The number of nitrogens with one attached hydrogen (secondary N) is 1. The van der Waals surface area contributed by atoms with Crippen molar-refractivity contribution in [1.29, 1.82) is 0 Å². The summed E-state index contributed by atoms with van der Waals surface area (Å²) in [7, 11) is 0. The number of fused-ring (bicyclic) bond motifs is 2. The molecule has 1 atom stereocenters. The Morgan fingerprint density at radius 2 is 2.20 bits per heavy atom. The molecule has 2 aromatic heterocycles. The predicted octanol–water partition coefficient (Wildman–Crippen LogP) is 1.87. The van der Waals surface area contributed by atoms with Crippen LogP contribution in [-0.2, 0) is 17.8 Å². The first-order valence-corrected chi connectivity index (χ1v) is 8.10. The van der Waals surface area contributed by atoms with E-state index in [-0.39, 0.29) is 5.91 Å². The van der Waals surface area contributed by atoms with Crippen LogP contribution in [0.15, 0.2) is 45.9 Å². The zero-order chi connectivity index (χ0) is 17.4. The number of rotatable bonds is 3. The molecule has 0 saturated heterocycles. The lowest BCUT2D eigenvalue weighted by Crippen LogP contribution is -2.43. The molecule has 7 heteroatoms. The van der Waals surface area contributed by atoms with Crippen molar-refractivity contribution < 1.29 is 13.9 Å². The Hall–Kier alpha value is -3.09. The van der Waals surface area contributed by atoms with E-state index in [9.17, 15) is 9.59 Å². The van der Waals surface area contributed by atoms with E-state index in [0.717, 1.165) is 23.2 Å². The molecule has 3 heterocycles. The minimum absolute atomic E-state index is 0.0881. The Balaban J connectivity index is 1.49. The fraction of sp³-hybridized carbons (Fsp3) is 0.278. The molecule has 7 nitrogen and oxygen atoms in total. The van der Waals surface area contributed by atoms with Crippen LogP contribution in [0, 0.1) is 0 Å². The van der Waals surface area contributed by atoms with Crippen LogP contribution >= 0.6 is 0 Å². The van der Waals surface area contributed by atoms with Gasteiger partial charge < -0.3 is 19.0 Å². The number of carbonyl (C=O) groups excluding carboxylic acids is 1. The average molecular weight is 339 g/mol. The van der Waals surface area contributed by atoms with Gasteiger partial charge in [0.05, 0.1) is 24.3 Å². The van der Waals surface area contributed by atoms with Crippen LogP contribution < -0.4 is 10.4 Å². The minimum Gasteiger partial charge on any atom is -0.481 e. The van der Waals surface area contributed by atoms with Gasteiger partial charge in [-0.3, -0.25) is 4.79 Å². The van der Waals surface area contributed by atoms with Gasteiger partial charge in [0.25, 0.3) is 5.91 Å². The van der Waals surface area contributed by atoms with E-state index in [1.54, 1.807) is 42.4 Å². The van der Waals surface area contributed by atoms with Gasteiger partial charge in [-0.25, -0.2) is 9.78 Å². The average Bonchev–Trinajstić information content (AvgIpc) is 3.08. The number of aromatic nitrogens is 2. The van der Waals surface area contributed by atoms with Crippen molar-refractivity contribution in [3.05, 3.63) is 58.5 Å². The standard InChI is InChI=1S/C18H17N3O4/c1-11(18(23)21-7-6-14-15(9-21)20-10-19-14)24-13-4-2-12-3-5-17(22)25-16(12)8-13/h2-5,8,10-11H,6-7,9H2,1H3,(H,19,20). The Kier molecular flexibility index (Phi) is 3.76. The Morgan fingerprint density at radius 3 is 3.08 bits per heavy atom. The van der Waals surface area contributed by atoms with Crippen molar-refractivity contribution in [2.24, 2.45) is 0 Å². The van der Waals surface area contributed by atoms with E-state index in [0.29, 0.717) is 24.4 Å². The summed E-state index contributed by atoms with van der Waals surface area (Å²) in [5.74, 6) is 0.400. The third-order valence-electron chi connectivity index (χ3n) is 4.34. The lowest BCUT2D eigenvalue weighted by Gasteiger charge is -2.28. The summed E-state index contributed by atoms with van der Waals surface area (Å²) in [6, 6.07) is 8.24. The van der Waals surface area contributed by atoms with E-state index < -0.39 is 11.7 Å². The minimum atomic E-state index is -0.641. The van der Waals surface area contributed by atoms with E-state index in [1.165, 1.54) is 6.07 Å². The summed E-state index contributed by atoms with van der Waals surface area (Å²) in [4.78, 5) is 33.0. The second-order valence-electron chi connectivity index (χ2n) is 6.05. The van der Waals surface area contributed by atoms with Gasteiger partial charge >= 0.3 is 5.63 Å². The van der Waals surface area contributed by atoms with Crippen molar-refractivity contribution in [2.75, 3.05) is 6.54 Å². The lowest BCUT2D eigenvalue weighted by molar-refractivity contribution is -0.139. The monoisotopic (exact) mass is 339 g/mol. The molecule has 0 saturated carbocycles. The van der Waals surface area contributed by atoms with Gasteiger partial charge in [0.2, 0.25) is 0 Å². The summed E-state index contributed by atoms with van der Waals surface area (Å²) in [5.41, 5.74) is 2.00. The molecule has 128 valence electrons. The number of nitrogens with zero attached hydrogens (tertiary/aromatic N) is 2. The van der Waals surface area contributed by atoms with Gasteiger partial charge in [0.1, 0.15) is 11.3 Å². The van der Waals surface area contributed by atoms with Crippen molar-refractivity contribution in [1.82, 2.24) is 14.9 Å². The molecule has 0 fully saturated rings. The van der Waals surface area contributed by atoms with Crippen molar-refractivity contribution in [2.45, 2.75) is 26.0 Å². The molecule has 0 aliphatic carbocycles. The maximum Gasteiger partial charge on any atom is 0.336 e. The molecule has 25 heavy (non-hydrogen) atoms. The van der Waals surface area contributed by atoms with Crippen LogP contribution in [-0.4, -0.2) is 33.4 Å². The first-order chi connectivity index (χ1) is 12.1. The highest BCUT2D eigenvalue weighted by atomic mass is 16.5. The van der Waals surface area contributed by atoms with Crippen LogP contribution in [0.1, 0.15) is 18.3 Å². The van der Waals surface area contributed by atoms with E-state index in [1.807, 2.05) is 0 Å². The molecule has 3 aromatic rings. The van der Waals surface area contributed by atoms with Gasteiger partial charge in [0, 0.05) is 30.5 Å². The number of ether oxygens (including phenoxy) is 1. The van der Waals surface area contributed by atoms with Crippen LogP contribution in [0.4, 0.5) is 0 Å². The molecular formula is C18H17N3O4. The second-order valence-corrected chi connectivity index (χ2v) is 6.05. The highest BCUT2D eigenvalue weighted by Gasteiger charge is 2.27. The number of aromatic amines is 1. The van der Waals surface area contributed by atoms with E-state index in [4.69, 9.17) is 9.15 Å². The molecule has 1 aliphatic rings. The molecule has 0 radical (unpaired) electrons. The second kappa shape index (κ2) is 6.08. The highest BCUT2D eigenvalue weighted by Crippen LogP contribution is 2.22. The Labute approximate surface area is 143 Å². The molecule has 1 aliphatic heterocycles. The maximum atomic E-state index is 12.6. The van der Waals surface area contributed by atoms with Crippen LogP contribution in [0.5, 0.6) is 5.75 Å². The number of benzene rings is 1. The van der Waals surface area contributed by atoms with Crippen molar-refractivity contribution in [3.8, 4) is 5.75 Å². The van der Waals surface area contributed by atoms with Gasteiger partial charge in [-0.05, 0) is 25.1 Å². The summed E-state index contributed by atoms with van der Waals surface area (Å²) in [6.45, 7) is 2.85. The van der Waals surface area contributed by atoms with Crippen LogP contribution in [0.3, 0.4) is 0 Å².